The summed E-state index contributed by atoms with van der Waals surface area (Å²) in [4.78, 5) is 37.8. The van der Waals surface area contributed by atoms with E-state index in [9.17, 15) is 19.5 Å². The van der Waals surface area contributed by atoms with Crippen molar-refractivity contribution in [2.75, 3.05) is 0 Å². The molecule has 1 aromatic carbocycles. The Morgan fingerprint density at radius 3 is 2.69 bits per heavy atom. The van der Waals surface area contributed by atoms with Gasteiger partial charge in [0.2, 0.25) is 5.91 Å². The molecule has 26 heavy (non-hydrogen) atoms. The van der Waals surface area contributed by atoms with E-state index in [1.807, 2.05) is 30.3 Å². The van der Waals surface area contributed by atoms with Gasteiger partial charge in [0.25, 0.3) is 0 Å². The number of alkyl carbamates (subject to hydrolysis) is 1. The largest absolute Gasteiger partial charge is 0.480 e. The zero-order chi connectivity index (χ0) is 18.7. The number of hydrogen-bond donors (Lipinski definition) is 2. The third-order valence-electron chi connectivity index (χ3n) is 5.30. The van der Waals surface area contributed by atoms with Crippen LogP contribution in [0.2, 0.25) is 0 Å². The monoisotopic (exact) mass is 360 g/mol. The molecule has 0 unspecified atom stereocenters. The van der Waals surface area contributed by atoms with Crippen LogP contribution in [-0.4, -0.2) is 46.1 Å². The molecule has 2 fully saturated rings. The van der Waals surface area contributed by atoms with Crippen molar-refractivity contribution < 1.29 is 24.2 Å². The molecule has 1 aliphatic heterocycles. The van der Waals surface area contributed by atoms with Gasteiger partial charge in [-0.15, -0.1) is 0 Å². The molecule has 3 rings (SSSR count). The van der Waals surface area contributed by atoms with Crippen molar-refractivity contribution in [2.45, 2.75) is 57.3 Å². The summed E-state index contributed by atoms with van der Waals surface area (Å²) in [7, 11) is 0. The first kappa shape index (κ1) is 18.2. The molecule has 1 heterocycles. The van der Waals surface area contributed by atoms with Crippen LogP contribution in [0.4, 0.5) is 4.79 Å². The summed E-state index contributed by atoms with van der Waals surface area (Å²) >= 11 is 0. The number of likely N-dealkylation sites (tertiary alicyclic amines) is 1. The number of carboxylic acid groups (broad SMARTS) is 1. The number of ether oxygens (including phenoxy) is 1. The number of amides is 2. The molecule has 7 heteroatoms. The van der Waals surface area contributed by atoms with E-state index in [1.165, 1.54) is 4.90 Å². The maximum absolute atomic E-state index is 12.8. The molecule has 7 nitrogen and oxygen atoms in total. The third-order valence-corrected chi connectivity index (χ3v) is 5.30. The van der Waals surface area contributed by atoms with Crippen molar-refractivity contribution in [1.82, 2.24) is 10.2 Å². The van der Waals surface area contributed by atoms with Gasteiger partial charge in [-0.2, -0.15) is 0 Å². The normalized spacial score (nSPS) is 25.4. The van der Waals surface area contributed by atoms with Crippen LogP contribution in [0.15, 0.2) is 30.3 Å². The summed E-state index contributed by atoms with van der Waals surface area (Å²) in [6.45, 7) is 1.67. The van der Waals surface area contributed by atoms with Gasteiger partial charge < -0.3 is 20.1 Å². The Morgan fingerprint density at radius 2 is 2.00 bits per heavy atom. The Balaban J connectivity index is 1.57. The highest BCUT2D eigenvalue weighted by Gasteiger charge is 2.49. The second-order valence-electron chi connectivity index (χ2n) is 7.02. The van der Waals surface area contributed by atoms with Gasteiger partial charge in [0.15, 0.2) is 0 Å². The first-order valence-electron chi connectivity index (χ1n) is 8.99. The van der Waals surface area contributed by atoms with E-state index in [2.05, 4.69) is 5.32 Å². The van der Waals surface area contributed by atoms with Gasteiger partial charge in [-0.25, -0.2) is 9.59 Å². The van der Waals surface area contributed by atoms with Crippen LogP contribution in [-0.2, 0) is 20.9 Å². The molecule has 2 N–H and O–H groups in total. The fourth-order valence-electron chi connectivity index (χ4n) is 4.05. The van der Waals surface area contributed by atoms with Crippen molar-refractivity contribution in [3.8, 4) is 0 Å². The molecule has 0 aromatic heterocycles. The molecule has 0 radical (unpaired) electrons. The molecule has 2 amide bonds. The molecule has 1 saturated heterocycles. The van der Waals surface area contributed by atoms with Crippen LogP contribution in [0.3, 0.4) is 0 Å². The molecule has 1 aliphatic carbocycles. The van der Waals surface area contributed by atoms with Gasteiger partial charge in [-0.3, -0.25) is 4.79 Å². The fourth-order valence-corrected chi connectivity index (χ4v) is 4.05. The molecule has 1 saturated carbocycles. The minimum atomic E-state index is -0.980. The van der Waals surface area contributed by atoms with Gasteiger partial charge in [-0.05, 0) is 37.7 Å². The van der Waals surface area contributed by atoms with Crippen LogP contribution in [0, 0.1) is 5.92 Å². The van der Waals surface area contributed by atoms with Crippen molar-refractivity contribution >= 4 is 18.0 Å². The molecule has 0 spiro atoms. The lowest BCUT2D eigenvalue weighted by Crippen LogP contribution is -2.53. The van der Waals surface area contributed by atoms with E-state index < -0.39 is 24.1 Å². The highest BCUT2D eigenvalue weighted by molar-refractivity contribution is 5.90. The van der Waals surface area contributed by atoms with Crippen LogP contribution >= 0.6 is 0 Å². The standard InChI is InChI=1S/C19H24N2O5/c1-12(20-19(25)26-11-13-6-3-2-4-7-13)17(22)21-15-9-5-8-14(15)10-16(21)18(23)24/h2-4,6-7,12,14-16H,5,8-11H2,1H3,(H,20,25)(H,23,24)/t12-,14-,15-,16-/m0/s1. The van der Waals surface area contributed by atoms with Gasteiger partial charge >= 0.3 is 12.1 Å². The molecule has 140 valence electrons. The van der Waals surface area contributed by atoms with Crippen LogP contribution in [0.5, 0.6) is 0 Å². The predicted octanol–water partition coefficient (Wildman–Crippen LogP) is 2.16. The highest BCUT2D eigenvalue weighted by atomic mass is 16.5. The number of carbonyl (C=O) groups is 3. The molecule has 0 bridgehead atoms. The van der Waals surface area contributed by atoms with E-state index in [0.29, 0.717) is 6.42 Å². The second kappa shape index (κ2) is 7.76. The van der Waals surface area contributed by atoms with Gasteiger partial charge in [0.1, 0.15) is 18.7 Å². The number of carboxylic acids is 1. The average molecular weight is 360 g/mol. The molecule has 2 aliphatic rings. The average Bonchev–Trinajstić information content (AvgIpc) is 3.21. The Morgan fingerprint density at radius 1 is 1.27 bits per heavy atom. The lowest BCUT2D eigenvalue weighted by atomic mass is 10.0. The van der Waals surface area contributed by atoms with Crippen molar-refractivity contribution in [2.24, 2.45) is 5.92 Å². The van der Waals surface area contributed by atoms with Gasteiger partial charge in [0.05, 0.1) is 0 Å². The zero-order valence-electron chi connectivity index (χ0n) is 14.8. The van der Waals surface area contributed by atoms with Gasteiger partial charge in [0, 0.05) is 6.04 Å². The summed E-state index contributed by atoms with van der Waals surface area (Å²) < 4.78 is 5.14. The summed E-state index contributed by atoms with van der Waals surface area (Å²) in [5, 5.41) is 12.0. The second-order valence-corrected chi connectivity index (χ2v) is 7.02. The molecule has 1 aromatic rings. The van der Waals surface area contributed by atoms with E-state index in [4.69, 9.17) is 4.74 Å². The summed E-state index contributed by atoms with van der Waals surface area (Å²) in [6.07, 6.45) is 2.59. The quantitative estimate of drug-likeness (QED) is 0.839. The summed E-state index contributed by atoms with van der Waals surface area (Å²) in [5.41, 5.74) is 0.848. The molecular weight excluding hydrogens is 336 g/mol. The Bertz CT molecular complexity index is 678. The lowest BCUT2D eigenvalue weighted by Gasteiger charge is -2.30. The number of carbonyl (C=O) groups excluding carboxylic acids is 2. The third kappa shape index (κ3) is 3.81. The van der Waals surface area contributed by atoms with E-state index in [-0.39, 0.29) is 24.5 Å². The maximum atomic E-state index is 12.8. The highest BCUT2D eigenvalue weighted by Crippen LogP contribution is 2.41. The summed E-state index contributed by atoms with van der Waals surface area (Å²) in [5.74, 6) is -1.09. The lowest BCUT2D eigenvalue weighted by molar-refractivity contribution is -0.150. The van der Waals surface area contributed by atoms with E-state index >= 15 is 0 Å². The van der Waals surface area contributed by atoms with Crippen LogP contribution in [0.25, 0.3) is 0 Å². The molecule has 4 atom stereocenters. The Kier molecular flexibility index (Phi) is 5.44. The first-order valence-corrected chi connectivity index (χ1v) is 8.99. The maximum Gasteiger partial charge on any atom is 0.408 e. The van der Waals surface area contributed by atoms with Crippen LogP contribution < -0.4 is 5.32 Å². The van der Waals surface area contributed by atoms with Crippen molar-refractivity contribution in [3.63, 3.8) is 0 Å². The number of rotatable bonds is 5. The minimum Gasteiger partial charge on any atom is -0.480 e. The van der Waals surface area contributed by atoms with Gasteiger partial charge in [-0.1, -0.05) is 36.8 Å². The Hall–Kier alpha value is -2.57. The SMILES string of the molecule is C[C@H](NC(=O)OCc1ccccc1)C(=O)N1[C@H](C(=O)O)C[C@@H]2CCC[C@@H]21. The number of hydrogen-bond acceptors (Lipinski definition) is 4. The number of fused-ring (bicyclic) bond motifs is 1. The first-order chi connectivity index (χ1) is 12.5. The smallest absolute Gasteiger partial charge is 0.408 e. The number of aliphatic carboxylic acids is 1. The zero-order valence-corrected chi connectivity index (χ0v) is 14.8. The van der Waals surface area contributed by atoms with Crippen molar-refractivity contribution in [1.29, 1.82) is 0 Å². The van der Waals surface area contributed by atoms with Crippen molar-refractivity contribution in [3.05, 3.63) is 35.9 Å². The number of nitrogens with zero attached hydrogens (tertiary/aromatic N) is 1. The van der Waals surface area contributed by atoms with Crippen LogP contribution in [0.1, 0.15) is 38.2 Å². The fraction of sp³-hybridized carbons (Fsp3) is 0.526. The minimum absolute atomic E-state index is 0.0341. The number of nitrogens with one attached hydrogen (secondary N) is 1. The number of benzene rings is 1. The van der Waals surface area contributed by atoms with E-state index in [1.54, 1.807) is 6.92 Å². The van der Waals surface area contributed by atoms with E-state index in [0.717, 1.165) is 24.8 Å². The topological polar surface area (TPSA) is 95.9 Å². The summed E-state index contributed by atoms with van der Waals surface area (Å²) in [6, 6.07) is 7.57. The molecular formula is C19H24N2O5. The predicted molar refractivity (Wildman–Crippen MR) is 93.2 cm³/mol. The Labute approximate surface area is 152 Å².